The van der Waals surface area contributed by atoms with E-state index >= 15 is 0 Å². The van der Waals surface area contributed by atoms with Crippen LogP contribution in [0.25, 0.3) is 10.9 Å². The Balaban J connectivity index is 2.08. The van der Waals surface area contributed by atoms with Gasteiger partial charge in [-0.25, -0.2) is 0 Å². The second kappa shape index (κ2) is 5.91. The molecule has 0 bridgehead atoms. The third-order valence-electron chi connectivity index (χ3n) is 3.66. The summed E-state index contributed by atoms with van der Waals surface area (Å²) in [6.07, 6.45) is 3.95. The van der Waals surface area contributed by atoms with Gasteiger partial charge in [0.05, 0.1) is 5.56 Å². The summed E-state index contributed by atoms with van der Waals surface area (Å²) in [6.45, 7) is 6.46. The van der Waals surface area contributed by atoms with Crippen LogP contribution in [0, 0.1) is 5.92 Å². The normalized spacial score (nSPS) is 14.3. The molecule has 1 aromatic carbocycles. The lowest BCUT2D eigenvalue weighted by molar-refractivity contribution is 0.0937. The Morgan fingerprint density at radius 2 is 2.05 bits per heavy atom. The number of aromatic nitrogens is 1. The van der Waals surface area contributed by atoms with E-state index in [4.69, 9.17) is 0 Å². The molecule has 2 N–H and O–H groups in total. The van der Waals surface area contributed by atoms with Crippen LogP contribution >= 0.6 is 0 Å². The second-order valence-electron chi connectivity index (χ2n) is 5.37. The van der Waals surface area contributed by atoms with Gasteiger partial charge in [-0.15, -0.1) is 0 Å². The van der Waals surface area contributed by atoms with E-state index in [0.717, 1.165) is 29.3 Å². The van der Waals surface area contributed by atoms with E-state index in [1.165, 1.54) is 0 Å². The number of carbonyl (C=O) groups excluding carboxylic acids is 1. The van der Waals surface area contributed by atoms with Crippen molar-refractivity contribution in [3.8, 4) is 0 Å². The van der Waals surface area contributed by atoms with Crippen molar-refractivity contribution in [2.24, 2.45) is 5.92 Å². The Labute approximate surface area is 114 Å². The summed E-state index contributed by atoms with van der Waals surface area (Å²) < 4.78 is 0. The van der Waals surface area contributed by atoms with E-state index in [-0.39, 0.29) is 11.9 Å². The standard InChI is InChI=1S/C16H22N2O/c1-4-11(2)9-12(3)18-16(19)14-10-17-15-8-6-5-7-13(14)15/h5-8,10-12,17H,4,9H2,1-3H3,(H,18,19). The fourth-order valence-corrected chi connectivity index (χ4v) is 2.39. The van der Waals surface area contributed by atoms with E-state index in [0.29, 0.717) is 5.92 Å². The molecule has 3 heteroatoms. The molecule has 0 aliphatic carbocycles. The monoisotopic (exact) mass is 258 g/mol. The molecule has 0 saturated carbocycles. The molecule has 102 valence electrons. The van der Waals surface area contributed by atoms with Crippen LogP contribution in [0.3, 0.4) is 0 Å². The van der Waals surface area contributed by atoms with Gasteiger partial charge in [0, 0.05) is 23.1 Å². The molecule has 0 aliphatic heterocycles. The summed E-state index contributed by atoms with van der Waals surface area (Å²) in [5.41, 5.74) is 1.73. The summed E-state index contributed by atoms with van der Waals surface area (Å²) >= 11 is 0. The van der Waals surface area contributed by atoms with E-state index < -0.39 is 0 Å². The summed E-state index contributed by atoms with van der Waals surface area (Å²) in [6, 6.07) is 8.08. The molecule has 2 unspecified atom stereocenters. The SMILES string of the molecule is CCC(C)CC(C)NC(=O)c1c[nH]c2ccccc12. The first-order chi connectivity index (χ1) is 9.11. The number of hydrogen-bond acceptors (Lipinski definition) is 1. The van der Waals surface area contributed by atoms with Crippen molar-refractivity contribution in [1.82, 2.24) is 10.3 Å². The molecule has 0 aliphatic rings. The largest absolute Gasteiger partial charge is 0.360 e. The van der Waals surface area contributed by atoms with Gasteiger partial charge < -0.3 is 10.3 Å². The highest BCUT2D eigenvalue weighted by atomic mass is 16.1. The fraction of sp³-hybridized carbons (Fsp3) is 0.438. The van der Waals surface area contributed by atoms with Crippen molar-refractivity contribution in [3.63, 3.8) is 0 Å². The number of aromatic amines is 1. The molecule has 1 amide bonds. The molecule has 0 radical (unpaired) electrons. The lowest BCUT2D eigenvalue weighted by Gasteiger charge is -2.17. The smallest absolute Gasteiger partial charge is 0.253 e. The van der Waals surface area contributed by atoms with Crippen LogP contribution in [0.5, 0.6) is 0 Å². The van der Waals surface area contributed by atoms with Crippen LogP contribution in [0.2, 0.25) is 0 Å². The Morgan fingerprint density at radius 1 is 1.32 bits per heavy atom. The maximum Gasteiger partial charge on any atom is 0.253 e. The first kappa shape index (κ1) is 13.7. The summed E-state index contributed by atoms with van der Waals surface area (Å²) in [5.74, 6) is 0.645. The van der Waals surface area contributed by atoms with E-state index in [1.54, 1.807) is 6.20 Å². The number of benzene rings is 1. The van der Waals surface area contributed by atoms with Gasteiger partial charge in [-0.1, -0.05) is 38.5 Å². The third kappa shape index (κ3) is 3.16. The van der Waals surface area contributed by atoms with Gasteiger partial charge in [0.25, 0.3) is 5.91 Å². The minimum Gasteiger partial charge on any atom is -0.360 e. The summed E-state index contributed by atoms with van der Waals surface area (Å²) in [7, 11) is 0. The number of H-pyrrole nitrogens is 1. The van der Waals surface area contributed by atoms with E-state index in [9.17, 15) is 4.79 Å². The van der Waals surface area contributed by atoms with Crippen LogP contribution < -0.4 is 5.32 Å². The number of amides is 1. The van der Waals surface area contributed by atoms with Gasteiger partial charge >= 0.3 is 0 Å². The van der Waals surface area contributed by atoms with Crippen LogP contribution in [0.15, 0.2) is 30.5 Å². The zero-order valence-corrected chi connectivity index (χ0v) is 11.9. The van der Waals surface area contributed by atoms with Crippen LogP contribution in [0.1, 0.15) is 44.0 Å². The van der Waals surface area contributed by atoms with E-state index in [2.05, 4.69) is 31.1 Å². The lowest BCUT2D eigenvalue weighted by atomic mass is 10.00. The minimum absolute atomic E-state index is 0.00764. The Hall–Kier alpha value is -1.77. The maximum absolute atomic E-state index is 12.3. The van der Waals surface area contributed by atoms with Crippen molar-refractivity contribution in [2.75, 3.05) is 0 Å². The second-order valence-corrected chi connectivity index (χ2v) is 5.37. The Kier molecular flexibility index (Phi) is 4.25. The minimum atomic E-state index is 0.00764. The molecule has 0 saturated heterocycles. The first-order valence-corrected chi connectivity index (χ1v) is 6.98. The third-order valence-corrected chi connectivity index (χ3v) is 3.66. The molecule has 2 rings (SSSR count). The van der Waals surface area contributed by atoms with Gasteiger partial charge in [0.15, 0.2) is 0 Å². The van der Waals surface area contributed by atoms with Gasteiger partial charge in [-0.3, -0.25) is 4.79 Å². The van der Waals surface area contributed by atoms with Crippen LogP contribution in [-0.2, 0) is 0 Å². The molecule has 1 heterocycles. The van der Waals surface area contributed by atoms with Crippen LogP contribution in [0.4, 0.5) is 0 Å². The molecule has 0 fully saturated rings. The number of rotatable bonds is 5. The van der Waals surface area contributed by atoms with Crippen molar-refractivity contribution in [1.29, 1.82) is 0 Å². The Bertz CT molecular complexity index is 559. The molecule has 0 spiro atoms. The van der Waals surface area contributed by atoms with Crippen molar-refractivity contribution < 1.29 is 4.79 Å². The molecule has 2 atom stereocenters. The van der Waals surface area contributed by atoms with Gasteiger partial charge in [-0.2, -0.15) is 0 Å². The number of para-hydroxylation sites is 1. The highest BCUT2D eigenvalue weighted by Crippen LogP contribution is 2.18. The highest BCUT2D eigenvalue weighted by Gasteiger charge is 2.15. The van der Waals surface area contributed by atoms with Crippen molar-refractivity contribution in [3.05, 3.63) is 36.0 Å². The average molecular weight is 258 g/mol. The van der Waals surface area contributed by atoms with Crippen molar-refractivity contribution in [2.45, 2.75) is 39.7 Å². The van der Waals surface area contributed by atoms with Gasteiger partial charge in [-0.05, 0) is 25.3 Å². The number of carbonyl (C=O) groups is 1. The number of hydrogen-bond donors (Lipinski definition) is 2. The zero-order valence-electron chi connectivity index (χ0n) is 11.9. The van der Waals surface area contributed by atoms with Gasteiger partial charge in [0.2, 0.25) is 0 Å². The molecule has 19 heavy (non-hydrogen) atoms. The first-order valence-electron chi connectivity index (χ1n) is 6.98. The highest BCUT2D eigenvalue weighted by molar-refractivity contribution is 6.06. The van der Waals surface area contributed by atoms with E-state index in [1.807, 2.05) is 24.3 Å². The topological polar surface area (TPSA) is 44.9 Å². The fourth-order valence-electron chi connectivity index (χ4n) is 2.39. The molecule has 2 aromatic rings. The average Bonchev–Trinajstić information content (AvgIpc) is 2.82. The number of fused-ring (bicyclic) bond motifs is 1. The zero-order chi connectivity index (χ0) is 13.8. The lowest BCUT2D eigenvalue weighted by Crippen LogP contribution is -2.33. The maximum atomic E-state index is 12.3. The predicted molar refractivity (Wildman–Crippen MR) is 79.3 cm³/mol. The molecule has 1 aromatic heterocycles. The van der Waals surface area contributed by atoms with Crippen LogP contribution in [-0.4, -0.2) is 16.9 Å². The molecule has 3 nitrogen and oxygen atoms in total. The summed E-state index contributed by atoms with van der Waals surface area (Å²) in [5, 5.41) is 4.06. The van der Waals surface area contributed by atoms with Gasteiger partial charge in [0.1, 0.15) is 0 Å². The molecular weight excluding hydrogens is 236 g/mol. The summed E-state index contributed by atoms with van der Waals surface area (Å²) in [4.78, 5) is 15.4. The predicted octanol–water partition coefficient (Wildman–Crippen LogP) is 3.72. The molecular formula is C16H22N2O. The Morgan fingerprint density at radius 3 is 2.79 bits per heavy atom. The quantitative estimate of drug-likeness (QED) is 0.843. The number of nitrogens with one attached hydrogen (secondary N) is 2. The van der Waals surface area contributed by atoms with Crippen molar-refractivity contribution >= 4 is 16.8 Å².